The van der Waals surface area contributed by atoms with Crippen LogP contribution in [-0.2, 0) is 10.9 Å². The molecule has 1 aliphatic carbocycles. The summed E-state index contributed by atoms with van der Waals surface area (Å²) in [5.41, 5.74) is -0.810. The highest BCUT2D eigenvalue weighted by molar-refractivity contribution is 7.13. The monoisotopic (exact) mass is 426 g/mol. The van der Waals surface area contributed by atoms with Crippen molar-refractivity contribution in [1.29, 1.82) is 0 Å². The van der Waals surface area contributed by atoms with Gasteiger partial charge in [0.2, 0.25) is 0 Å². The van der Waals surface area contributed by atoms with Crippen LogP contribution in [-0.4, -0.2) is 43.6 Å². The Labute approximate surface area is 167 Å². The summed E-state index contributed by atoms with van der Waals surface area (Å²) in [6.45, 7) is 2.42. The molecule has 3 aromatic heterocycles. The van der Waals surface area contributed by atoms with Gasteiger partial charge >= 0.3 is 6.18 Å². The van der Waals surface area contributed by atoms with Crippen LogP contribution in [0.15, 0.2) is 24.0 Å². The number of aromatic nitrogens is 5. The van der Waals surface area contributed by atoms with Gasteiger partial charge in [-0.3, -0.25) is 14.6 Å². The zero-order valence-electron chi connectivity index (χ0n) is 15.2. The molecule has 0 radical (unpaired) electrons. The maximum Gasteiger partial charge on any atom is 0.437 e. The van der Waals surface area contributed by atoms with E-state index < -0.39 is 17.8 Å². The molecule has 3 aromatic rings. The zero-order valence-corrected chi connectivity index (χ0v) is 16.0. The van der Waals surface area contributed by atoms with Crippen molar-refractivity contribution in [2.75, 3.05) is 11.9 Å². The Morgan fingerprint density at radius 1 is 1.45 bits per heavy atom. The number of halogens is 3. The number of H-pyrrole nitrogens is 1. The number of nitrogens with zero attached hydrogens (tertiary/aromatic N) is 4. The lowest BCUT2D eigenvalue weighted by atomic mass is 9.89. The topological polar surface area (TPSA) is 97.7 Å². The fourth-order valence-electron chi connectivity index (χ4n) is 3.07. The molecule has 0 atom stereocenters. The van der Waals surface area contributed by atoms with Crippen molar-refractivity contribution in [3.63, 3.8) is 0 Å². The molecule has 4 rings (SSSR count). The first kappa shape index (κ1) is 19.6. The van der Waals surface area contributed by atoms with E-state index in [4.69, 9.17) is 4.74 Å². The lowest BCUT2D eigenvalue weighted by Crippen LogP contribution is -2.33. The van der Waals surface area contributed by atoms with Gasteiger partial charge < -0.3 is 10.1 Å². The van der Waals surface area contributed by atoms with Crippen molar-refractivity contribution in [2.24, 2.45) is 0 Å². The van der Waals surface area contributed by atoms with Crippen molar-refractivity contribution < 1.29 is 22.7 Å². The van der Waals surface area contributed by atoms with Gasteiger partial charge in [-0.25, -0.2) is 4.98 Å². The lowest BCUT2D eigenvalue weighted by Gasteiger charge is -2.34. The number of aromatic amines is 1. The molecule has 1 saturated carbocycles. The third kappa shape index (κ3) is 4.03. The highest BCUT2D eigenvalue weighted by Gasteiger charge is 2.40. The molecule has 0 bridgehead atoms. The molecular formula is C17H17F3N6O2S. The maximum atomic E-state index is 13.4. The van der Waals surface area contributed by atoms with Gasteiger partial charge in [-0.15, -0.1) is 11.3 Å². The Kier molecular flexibility index (Phi) is 5.13. The van der Waals surface area contributed by atoms with Crippen LogP contribution in [0.2, 0.25) is 0 Å². The van der Waals surface area contributed by atoms with E-state index in [0.29, 0.717) is 30.0 Å². The number of ether oxygens (including phenoxy) is 1. The fraction of sp³-hybridized carbons (Fsp3) is 0.412. The fourth-order valence-corrected chi connectivity index (χ4v) is 3.85. The van der Waals surface area contributed by atoms with Gasteiger partial charge in [0.1, 0.15) is 10.7 Å². The van der Waals surface area contributed by atoms with E-state index >= 15 is 0 Å². The molecule has 1 fully saturated rings. The summed E-state index contributed by atoms with van der Waals surface area (Å²) in [5.74, 6) is -0.734. The standard InChI is InChI=1S/C17H17F3N6O2S/c1-2-28-11-3-10(4-11)26-7-12(14(25-26)17(18,19)20)23-15(27)13-8-29-16(24-13)9-5-21-22-6-9/h5-8,10-11H,2-4H2,1H3,(H,21,22)(H,23,27)/t10-,11+. The van der Waals surface area contributed by atoms with Crippen molar-refractivity contribution in [3.8, 4) is 10.6 Å². The van der Waals surface area contributed by atoms with Crippen molar-refractivity contribution in [1.82, 2.24) is 25.0 Å². The van der Waals surface area contributed by atoms with E-state index in [-0.39, 0.29) is 23.5 Å². The second-order valence-corrected chi connectivity index (χ2v) is 7.41. The van der Waals surface area contributed by atoms with Crippen LogP contribution in [0.5, 0.6) is 0 Å². The SMILES string of the molecule is CCO[C@H]1C[C@@H](n2cc(NC(=O)c3csc(-c4cn[nH]c4)n3)c(C(F)(F)F)n2)C1. The minimum atomic E-state index is -4.69. The second kappa shape index (κ2) is 7.59. The third-order valence-corrected chi connectivity index (χ3v) is 5.47. The van der Waals surface area contributed by atoms with E-state index in [9.17, 15) is 18.0 Å². The largest absolute Gasteiger partial charge is 0.437 e. The minimum Gasteiger partial charge on any atom is -0.378 e. The first-order chi connectivity index (χ1) is 13.8. The first-order valence-electron chi connectivity index (χ1n) is 8.89. The molecular weight excluding hydrogens is 409 g/mol. The average Bonchev–Trinajstić information content (AvgIpc) is 3.35. The number of alkyl halides is 3. The van der Waals surface area contributed by atoms with Crippen LogP contribution in [0.25, 0.3) is 10.6 Å². The summed E-state index contributed by atoms with van der Waals surface area (Å²) >= 11 is 1.19. The predicted octanol–water partition coefficient (Wildman–Crippen LogP) is 3.74. The summed E-state index contributed by atoms with van der Waals surface area (Å²) in [6.07, 6.45) is 0.873. The normalized spacial score (nSPS) is 19.2. The smallest absolute Gasteiger partial charge is 0.378 e. The van der Waals surface area contributed by atoms with Crippen LogP contribution >= 0.6 is 11.3 Å². The van der Waals surface area contributed by atoms with Gasteiger partial charge in [0.25, 0.3) is 5.91 Å². The van der Waals surface area contributed by atoms with Crippen molar-refractivity contribution in [2.45, 2.75) is 38.1 Å². The second-order valence-electron chi connectivity index (χ2n) is 6.55. The Bertz CT molecular complexity index is 991. The van der Waals surface area contributed by atoms with Crippen LogP contribution in [0.4, 0.5) is 18.9 Å². The molecule has 0 saturated heterocycles. The summed E-state index contributed by atoms with van der Waals surface area (Å²) in [7, 11) is 0. The summed E-state index contributed by atoms with van der Waals surface area (Å²) in [5, 5.41) is 14.4. The van der Waals surface area contributed by atoms with Gasteiger partial charge in [0.05, 0.1) is 24.0 Å². The van der Waals surface area contributed by atoms with Crippen molar-refractivity contribution in [3.05, 3.63) is 35.4 Å². The summed E-state index contributed by atoms with van der Waals surface area (Å²) in [4.78, 5) is 16.6. The number of thiazole rings is 1. The minimum absolute atomic E-state index is 0.0205. The number of amides is 1. The quantitative estimate of drug-likeness (QED) is 0.626. The average molecular weight is 426 g/mol. The first-order valence-corrected chi connectivity index (χ1v) is 9.77. The Hall–Kier alpha value is -2.73. The highest BCUT2D eigenvalue weighted by Crippen LogP contribution is 2.39. The summed E-state index contributed by atoms with van der Waals surface area (Å²) < 4.78 is 46.9. The molecule has 12 heteroatoms. The Balaban J connectivity index is 1.52. The maximum absolute atomic E-state index is 13.4. The highest BCUT2D eigenvalue weighted by atomic mass is 32.1. The number of hydrogen-bond donors (Lipinski definition) is 2. The molecule has 0 unspecified atom stereocenters. The predicted molar refractivity (Wildman–Crippen MR) is 98.6 cm³/mol. The van der Waals surface area contributed by atoms with Gasteiger partial charge in [-0.05, 0) is 19.8 Å². The van der Waals surface area contributed by atoms with Crippen LogP contribution in [0, 0.1) is 0 Å². The molecule has 154 valence electrons. The van der Waals surface area contributed by atoms with Crippen LogP contribution < -0.4 is 5.32 Å². The van der Waals surface area contributed by atoms with Gasteiger partial charge in [-0.2, -0.15) is 23.4 Å². The van der Waals surface area contributed by atoms with Crippen LogP contribution in [0.1, 0.15) is 42.0 Å². The van der Waals surface area contributed by atoms with Crippen LogP contribution in [0.3, 0.4) is 0 Å². The van der Waals surface area contributed by atoms with Gasteiger partial charge in [0, 0.05) is 29.9 Å². The van der Waals surface area contributed by atoms with Crippen molar-refractivity contribution >= 4 is 22.9 Å². The number of rotatable bonds is 6. The van der Waals surface area contributed by atoms with Gasteiger partial charge in [0.15, 0.2) is 5.69 Å². The third-order valence-electron chi connectivity index (χ3n) is 4.58. The number of carbonyl (C=O) groups is 1. The molecule has 2 N–H and O–H groups in total. The van der Waals surface area contributed by atoms with E-state index in [1.54, 1.807) is 12.4 Å². The van der Waals surface area contributed by atoms with E-state index in [1.807, 2.05) is 6.92 Å². The lowest BCUT2D eigenvalue weighted by molar-refractivity contribution is -0.141. The Morgan fingerprint density at radius 3 is 2.90 bits per heavy atom. The van der Waals surface area contributed by atoms with E-state index in [2.05, 4.69) is 25.6 Å². The van der Waals surface area contributed by atoms with Gasteiger partial charge in [-0.1, -0.05) is 0 Å². The Morgan fingerprint density at radius 2 is 2.24 bits per heavy atom. The molecule has 1 aliphatic rings. The number of hydrogen-bond acceptors (Lipinski definition) is 6. The number of anilines is 1. The van der Waals surface area contributed by atoms with E-state index in [0.717, 1.165) is 0 Å². The zero-order chi connectivity index (χ0) is 20.6. The summed E-state index contributed by atoms with van der Waals surface area (Å²) in [6, 6.07) is -0.190. The number of carbonyl (C=O) groups excluding carboxylic acids is 1. The molecule has 29 heavy (non-hydrogen) atoms. The molecule has 0 spiro atoms. The molecule has 1 amide bonds. The number of nitrogens with one attached hydrogen (secondary N) is 2. The molecule has 3 heterocycles. The molecule has 8 nitrogen and oxygen atoms in total. The molecule has 0 aromatic carbocycles. The molecule has 0 aliphatic heterocycles. The van der Waals surface area contributed by atoms with E-state index in [1.165, 1.54) is 27.6 Å².